The molecule has 1 aromatic rings. The SMILES string of the molecule is Cc1cnn(C[C@@H]2CO2)c(=O)c1. The first-order chi connectivity index (χ1) is 5.75. The fourth-order valence-corrected chi connectivity index (χ4v) is 1.03. The summed E-state index contributed by atoms with van der Waals surface area (Å²) in [6.45, 7) is 3.19. The first-order valence-corrected chi connectivity index (χ1v) is 3.91. The average Bonchev–Trinajstić information content (AvgIpc) is 2.79. The van der Waals surface area contributed by atoms with Crippen molar-refractivity contribution in [2.75, 3.05) is 6.61 Å². The normalized spacial score (nSPS) is 20.9. The number of aromatic nitrogens is 2. The average molecular weight is 166 g/mol. The Bertz CT molecular complexity index is 341. The van der Waals surface area contributed by atoms with E-state index in [9.17, 15) is 4.79 Å². The highest BCUT2D eigenvalue weighted by Crippen LogP contribution is 2.09. The first-order valence-electron chi connectivity index (χ1n) is 3.91. The molecule has 0 aliphatic carbocycles. The number of rotatable bonds is 2. The van der Waals surface area contributed by atoms with Gasteiger partial charge >= 0.3 is 0 Å². The molecule has 0 amide bonds. The van der Waals surface area contributed by atoms with E-state index >= 15 is 0 Å². The second kappa shape index (κ2) is 2.71. The Morgan fingerprint density at radius 3 is 3.17 bits per heavy atom. The van der Waals surface area contributed by atoms with Gasteiger partial charge in [0.05, 0.1) is 19.3 Å². The van der Waals surface area contributed by atoms with Gasteiger partial charge < -0.3 is 4.74 Å². The van der Waals surface area contributed by atoms with Crippen molar-refractivity contribution in [1.82, 2.24) is 9.78 Å². The van der Waals surface area contributed by atoms with Crippen molar-refractivity contribution < 1.29 is 4.74 Å². The van der Waals surface area contributed by atoms with Crippen LogP contribution in [0.15, 0.2) is 17.1 Å². The number of aryl methyl sites for hydroxylation is 1. The van der Waals surface area contributed by atoms with E-state index in [0.717, 1.165) is 12.2 Å². The molecule has 1 saturated heterocycles. The van der Waals surface area contributed by atoms with Crippen LogP contribution in [0, 0.1) is 6.92 Å². The van der Waals surface area contributed by atoms with Gasteiger partial charge in [0.2, 0.25) is 0 Å². The molecule has 0 radical (unpaired) electrons. The summed E-state index contributed by atoms with van der Waals surface area (Å²) in [6, 6.07) is 1.58. The molecule has 0 unspecified atom stereocenters. The lowest BCUT2D eigenvalue weighted by Crippen LogP contribution is -2.24. The second-order valence-corrected chi connectivity index (χ2v) is 3.01. The lowest BCUT2D eigenvalue weighted by molar-refractivity contribution is 0.368. The Hall–Kier alpha value is -1.16. The minimum atomic E-state index is -0.0505. The predicted octanol–water partition coefficient (Wildman–Crippen LogP) is -0.0495. The molecule has 64 valence electrons. The van der Waals surface area contributed by atoms with Gasteiger partial charge in [0.25, 0.3) is 5.56 Å². The molecule has 1 atom stereocenters. The number of nitrogens with zero attached hydrogens (tertiary/aromatic N) is 2. The van der Waals surface area contributed by atoms with Crippen LogP contribution in [0.1, 0.15) is 5.56 Å². The highest BCUT2D eigenvalue weighted by Gasteiger charge is 2.23. The number of hydrogen-bond donors (Lipinski definition) is 0. The van der Waals surface area contributed by atoms with Gasteiger partial charge in [0, 0.05) is 6.07 Å². The molecule has 0 saturated carbocycles. The van der Waals surface area contributed by atoms with Crippen LogP contribution in [0.2, 0.25) is 0 Å². The molecule has 1 fully saturated rings. The van der Waals surface area contributed by atoms with Crippen molar-refractivity contribution in [2.24, 2.45) is 0 Å². The minimum Gasteiger partial charge on any atom is -0.371 e. The molecule has 0 bridgehead atoms. The third-order valence-electron chi connectivity index (χ3n) is 1.79. The maximum atomic E-state index is 11.2. The van der Waals surface area contributed by atoms with Gasteiger partial charge in [0.15, 0.2) is 0 Å². The Morgan fingerprint density at radius 1 is 1.83 bits per heavy atom. The topological polar surface area (TPSA) is 47.4 Å². The van der Waals surface area contributed by atoms with Gasteiger partial charge in [-0.1, -0.05) is 0 Å². The molecule has 1 aliphatic heterocycles. The Balaban J connectivity index is 2.24. The number of epoxide rings is 1. The fraction of sp³-hybridized carbons (Fsp3) is 0.500. The van der Waals surface area contributed by atoms with E-state index in [4.69, 9.17) is 4.74 Å². The highest BCUT2D eigenvalue weighted by molar-refractivity contribution is 5.02. The van der Waals surface area contributed by atoms with E-state index < -0.39 is 0 Å². The molecular formula is C8H10N2O2. The monoisotopic (exact) mass is 166 g/mol. The summed E-state index contributed by atoms with van der Waals surface area (Å²) < 4.78 is 6.43. The van der Waals surface area contributed by atoms with Crippen molar-refractivity contribution in [3.63, 3.8) is 0 Å². The minimum absolute atomic E-state index is 0.0505. The third kappa shape index (κ3) is 1.53. The van der Waals surface area contributed by atoms with E-state index in [-0.39, 0.29) is 11.7 Å². The standard InChI is InChI=1S/C8H10N2O2/c1-6-2-8(11)10(9-3-6)4-7-5-12-7/h2-3,7H,4-5H2,1H3/t7-/m1/s1. The Labute approximate surface area is 69.8 Å². The van der Waals surface area contributed by atoms with E-state index in [0.29, 0.717) is 6.54 Å². The molecule has 1 aromatic heterocycles. The summed E-state index contributed by atoms with van der Waals surface area (Å²) >= 11 is 0. The second-order valence-electron chi connectivity index (χ2n) is 3.01. The molecule has 0 N–H and O–H groups in total. The molecule has 0 aromatic carbocycles. The summed E-state index contributed by atoms with van der Waals surface area (Å²) in [4.78, 5) is 11.2. The van der Waals surface area contributed by atoms with Crippen LogP contribution in [0.25, 0.3) is 0 Å². The van der Waals surface area contributed by atoms with Crippen LogP contribution in [-0.2, 0) is 11.3 Å². The van der Waals surface area contributed by atoms with Crippen molar-refractivity contribution in [1.29, 1.82) is 0 Å². The lowest BCUT2D eigenvalue weighted by Gasteiger charge is -2.00. The lowest BCUT2D eigenvalue weighted by atomic mass is 10.3. The van der Waals surface area contributed by atoms with Crippen molar-refractivity contribution in [3.05, 3.63) is 28.2 Å². The molecular weight excluding hydrogens is 156 g/mol. The zero-order valence-corrected chi connectivity index (χ0v) is 6.86. The van der Waals surface area contributed by atoms with Crippen LogP contribution >= 0.6 is 0 Å². The maximum absolute atomic E-state index is 11.2. The van der Waals surface area contributed by atoms with Crippen molar-refractivity contribution in [3.8, 4) is 0 Å². The van der Waals surface area contributed by atoms with Gasteiger partial charge in [0.1, 0.15) is 6.10 Å². The van der Waals surface area contributed by atoms with Crippen LogP contribution < -0.4 is 5.56 Å². The summed E-state index contributed by atoms with van der Waals surface area (Å²) in [5, 5.41) is 3.98. The fourth-order valence-electron chi connectivity index (χ4n) is 1.03. The first kappa shape index (κ1) is 7.49. The molecule has 1 aliphatic rings. The predicted molar refractivity (Wildman–Crippen MR) is 43.0 cm³/mol. The van der Waals surface area contributed by atoms with Gasteiger partial charge in [-0.3, -0.25) is 4.79 Å². The molecule has 2 rings (SSSR count). The van der Waals surface area contributed by atoms with Crippen LogP contribution in [0.5, 0.6) is 0 Å². The summed E-state index contributed by atoms with van der Waals surface area (Å²) in [6.07, 6.45) is 1.89. The van der Waals surface area contributed by atoms with Crippen LogP contribution in [0.3, 0.4) is 0 Å². The zero-order valence-electron chi connectivity index (χ0n) is 6.86. The Morgan fingerprint density at radius 2 is 2.58 bits per heavy atom. The quantitative estimate of drug-likeness (QED) is 0.579. The smallest absolute Gasteiger partial charge is 0.267 e. The Kier molecular flexibility index (Phi) is 1.69. The van der Waals surface area contributed by atoms with Gasteiger partial charge in [-0.05, 0) is 12.5 Å². The van der Waals surface area contributed by atoms with Crippen LogP contribution in [0.4, 0.5) is 0 Å². The maximum Gasteiger partial charge on any atom is 0.267 e. The van der Waals surface area contributed by atoms with Crippen LogP contribution in [-0.4, -0.2) is 22.5 Å². The van der Waals surface area contributed by atoms with Crippen molar-refractivity contribution in [2.45, 2.75) is 19.6 Å². The molecule has 4 nitrogen and oxygen atoms in total. The zero-order chi connectivity index (χ0) is 8.55. The molecule has 0 spiro atoms. The van der Waals surface area contributed by atoms with Gasteiger partial charge in [-0.2, -0.15) is 5.10 Å². The molecule has 4 heteroatoms. The molecule has 2 heterocycles. The van der Waals surface area contributed by atoms with E-state index in [1.54, 1.807) is 12.3 Å². The van der Waals surface area contributed by atoms with E-state index in [1.165, 1.54) is 4.68 Å². The summed E-state index contributed by atoms with van der Waals surface area (Å²) in [5.41, 5.74) is 0.846. The summed E-state index contributed by atoms with van der Waals surface area (Å²) in [5.74, 6) is 0. The summed E-state index contributed by atoms with van der Waals surface area (Å²) in [7, 11) is 0. The van der Waals surface area contributed by atoms with E-state index in [1.807, 2.05) is 6.92 Å². The largest absolute Gasteiger partial charge is 0.371 e. The number of hydrogen-bond acceptors (Lipinski definition) is 3. The van der Waals surface area contributed by atoms with Gasteiger partial charge in [-0.15, -0.1) is 0 Å². The highest BCUT2D eigenvalue weighted by atomic mass is 16.6. The third-order valence-corrected chi connectivity index (χ3v) is 1.79. The number of ether oxygens (including phenoxy) is 1. The van der Waals surface area contributed by atoms with E-state index in [2.05, 4.69) is 5.10 Å². The van der Waals surface area contributed by atoms with Crippen molar-refractivity contribution >= 4 is 0 Å². The van der Waals surface area contributed by atoms with Gasteiger partial charge in [-0.25, -0.2) is 4.68 Å². The molecule has 12 heavy (non-hydrogen) atoms.